The number of nitrogens with one attached hydrogen (secondary N) is 2. The molecule has 8 heteroatoms. The predicted octanol–water partition coefficient (Wildman–Crippen LogP) is 2.48. The van der Waals surface area contributed by atoms with Crippen LogP contribution in [0.2, 0.25) is 0 Å². The molecule has 0 radical (unpaired) electrons. The van der Waals surface area contributed by atoms with Gasteiger partial charge in [-0.05, 0) is 43.0 Å². The molecule has 1 amide bonds. The maximum absolute atomic E-state index is 12.6. The third-order valence-electron chi connectivity index (χ3n) is 4.66. The number of rotatable bonds is 3. The Labute approximate surface area is 163 Å². The molecule has 0 aromatic heterocycles. The molecule has 1 aromatic carbocycles. The van der Waals surface area contributed by atoms with Crippen molar-refractivity contribution in [2.45, 2.75) is 25.4 Å². The number of hydrogen-bond donors (Lipinski definition) is 2. The fraction of sp³-hybridized carbons (Fsp3) is 0.500. The number of hydrogen-bond acceptors (Lipinski definition) is 2. The summed E-state index contributed by atoms with van der Waals surface area (Å²) in [4.78, 5) is 17.9. The molecule has 0 bridgehead atoms. The second kappa shape index (κ2) is 10.0. The first-order chi connectivity index (χ1) is 13.3. The van der Waals surface area contributed by atoms with Gasteiger partial charge in [-0.15, -0.1) is 0 Å². The number of halogens is 3. The van der Waals surface area contributed by atoms with Crippen molar-refractivity contribution in [1.29, 1.82) is 0 Å². The van der Waals surface area contributed by atoms with Crippen LogP contribution in [0.25, 0.3) is 0 Å². The standard InChI is InChI=1S/C20H25F3N4O/c1-24-18(28)14-16-9-12-27(13-10-16)19(25-2)26-11-3-4-15-5-7-17(8-6-15)20(21,22)23/h5-8,16H,9-14H2,1-2H3,(H,24,28)(H,25,26). The zero-order valence-corrected chi connectivity index (χ0v) is 16.1. The first-order valence-corrected chi connectivity index (χ1v) is 9.15. The second-order valence-electron chi connectivity index (χ2n) is 6.59. The lowest BCUT2D eigenvalue weighted by atomic mass is 9.93. The SMILES string of the molecule is CN=C(NCC#Cc1ccc(C(F)(F)F)cc1)N1CCC(CC(=O)NC)CC1. The van der Waals surface area contributed by atoms with Crippen molar-refractivity contribution >= 4 is 11.9 Å². The fourth-order valence-corrected chi connectivity index (χ4v) is 3.06. The summed E-state index contributed by atoms with van der Waals surface area (Å²) >= 11 is 0. The number of carbonyl (C=O) groups excluding carboxylic acids is 1. The Morgan fingerprint density at radius 2 is 1.89 bits per heavy atom. The molecule has 2 N–H and O–H groups in total. The van der Waals surface area contributed by atoms with Crippen molar-refractivity contribution in [3.63, 3.8) is 0 Å². The molecule has 1 aliphatic heterocycles. The summed E-state index contributed by atoms with van der Waals surface area (Å²) in [6.07, 6.45) is -1.94. The van der Waals surface area contributed by atoms with Crippen LogP contribution < -0.4 is 10.6 Å². The smallest absolute Gasteiger partial charge is 0.359 e. The van der Waals surface area contributed by atoms with Crippen LogP contribution in [0, 0.1) is 17.8 Å². The third kappa shape index (κ3) is 6.48. The zero-order valence-electron chi connectivity index (χ0n) is 16.1. The van der Waals surface area contributed by atoms with Gasteiger partial charge < -0.3 is 15.5 Å². The molecule has 1 aromatic rings. The van der Waals surface area contributed by atoms with E-state index >= 15 is 0 Å². The molecule has 28 heavy (non-hydrogen) atoms. The Morgan fingerprint density at radius 3 is 2.43 bits per heavy atom. The minimum atomic E-state index is -4.34. The highest BCUT2D eigenvalue weighted by Gasteiger charge is 2.29. The number of piperidine rings is 1. The molecular formula is C20H25F3N4O. The molecule has 152 valence electrons. The van der Waals surface area contributed by atoms with Crippen LogP contribution in [0.3, 0.4) is 0 Å². The van der Waals surface area contributed by atoms with E-state index in [1.54, 1.807) is 14.1 Å². The van der Waals surface area contributed by atoms with E-state index in [4.69, 9.17) is 0 Å². The Kier molecular flexibility index (Phi) is 7.73. The maximum Gasteiger partial charge on any atom is 0.416 e. The normalized spacial score (nSPS) is 15.6. The Hall–Kier alpha value is -2.69. The topological polar surface area (TPSA) is 56.7 Å². The summed E-state index contributed by atoms with van der Waals surface area (Å²) < 4.78 is 37.7. The van der Waals surface area contributed by atoms with Crippen LogP contribution >= 0.6 is 0 Å². The Morgan fingerprint density at radius 1 is 1.25 bits per heavy atom. The minimum Gasteiger partial charge on any atom is -0.359 e. The van der Waals surface area contributed by atoms with E-state index in [0.717, 1.165) is 44.0 Å². The van der Waals surface area contributed by atoms with E-state index in [0.29, 0.717) is 24.4 Å². The molecule has 0 aliphatic carbocycles. The number of alkyl halides is 3. The first kappa shape index (κ1) is 21.6. The second-order valence-corrected chi connectivity index (χ2v) is 6.59. The number of likely N-dealkylation sites (tertiary alicyclic amines) is 1. The van der Waals surface area contributed by atoms with Crippen molar-refractivity contribution in [3.8, 4) is 11.8 Å². The highest BCUT2D eigenvalue weighted by Crippen LogP contribution is 2.28. The summed E-state index contributed by atoms with van der Waals surface area (Å²) in [6.45, 7) is 1.97. The largest absolute Gasteiger partial charge is 0.416 e. The van der Waals surface area contributed by atoms with Gasteiger partial charge >= 0.3 is 6.18 Å². The van der Waals surface area contributed by atoms with Gasteiger partial charge in [0.1, 0.15) is 0 Å². The molecule has 1 saturated heterocycles. The van der Waals surface area contributed by atoms with Gasteiger partial charge in [0.25, 0.3) is 0 Å². The molecule has 0 unspecified atom stereocenters. The van der Waals surface area contributed by atoms with Crippen molar-refractivity contribution in [1.82, 2.24) is 15.5 Å². The van der Waals surface area contributed by atoms with Gasteiger partial charge in [0.2, 0.25) is 5.91 Å². The Balaban J connectivity index is 1.81. The van der Waals surface area contributed by atoms with Gasteiger partial charge in [0, 0.05) is 39.2 Å². The lowest BCUT2D eigenvalue weighted by molar-refractivity contribution is -0.137. The lowest BCUT2D eigenvalue weighted by Gasteiger charge is -2.33. The van der Waals surface area contributed by atoms with Gasteiger partial charge in [-0.3, -0.25) is 9.79 Å². The van der Waals surface area contributed by atoms with Gasteiger partial charge in [-0.25, -0.2) is 0 Å². The summed E-state index contributed by atoms with van der Waals surface area (Å²) in [5.41, 5.74) is -0.156. The van der Waals surface area contributed by atoms with Crippen LogP contribution in [0.15, 0.2) is 29.3 Å². The van der Waals surface area contributed by atoms with E-state index < -0.39 is 11.7 Å². The van der Waals surface area contributed by atoms with E-state index in [9.17, 15) is 18.0 Å². The van der Waals surface area contributed by atoms with Gasteiger partial charge in [-0.2, -0.15) is 13.2 Å². The van der Waals surface area contributed by atoms with Gasteiger partial charge in [0.15, 0.2) is 5.96 Å². The maximum atomic E-state index is 12.6. The van der Waals surface area contributed by atoms with Crippen molar-refractivity contribution in [2.24, 2.45) is 10.9 Å². The molecule has 0 atom stereocenters. The van der Waals surface area contributed by atoms with E-state index in [2.05, 4.69) is 32.4 Å². The average Bonchev–Trinajstić information content (AvgIpc) is 2.68. The van der Waals surface area contributed by atoms with Crippen molar-refractivity contribution in [3.05, 3.63) is 35.4 Å². The molecular weight excluding hydrogens is 369 g/mol. The van der Waals surface area contributed by atoms with Crippen molar-refractivity contribution in [2.75, 3.05) is 33.7 Å². The van der Waals surface area contributed by atoms with Gasteiger partial charge in [0.05, 0.1) is 12.1 Å². The van der Waals surface area contributed by atoms with E-state index in [1.807, 2.05) is 0 Å². The summed E-state index contributed by atoms with van der Waals surface area (Å²) in [5.74, 6) is 6.93. The number of benzene rings is 1. The van der Waals surface area contributed by atoms with Crippen LogP contribution in [0.1, 0.15) is 30.4 Å². The third-order valence-corrected chi connectivity index (χ3v) is 4.66. The summed E-state index contributed by atoms with van der Waals surface area (Å²) in [6, 6.07) is 4.78. The predicted molar refractivity (Wildman–Crippen MR) is 103 cm³/mol. The summed E-state index contributed by atoms with van der Waals surface area (Å²) in [7, 11) is 3.34. The lowest BCUT2D eigenvalue weighted by Crippen LogP contribution is -2.46. The fourth-order valence-electron chi connectivity index (χ4n) is 3.06. The average molecular weight is 394 g/mol. The van der Waals surface area contributed by atoms with Crippen LogP contribution in [0.4, 0.5) is 13.2 Å². The minimum absolute atomic E-state index is 0.0690. The van der Waals surface area contributed by atoms with Crippen LogP contribution in [0.5, 0.6) is 0 Å². The van der Waals surface area contributed by atoms with Gasteiger partial charge in [-0.1, -0.05) is 11.8 Å². The van der Waals surface area contributed by atoms with E-state index in [-0.39, 0.29) is 5.91 Å². The van der Waals surface area contributed by atoms with E-state index in [1.165, 1.54) is 12.1 Å². The molecule has 1 fully saturated rings. The quantitative estimate of drug-likeness (QED) is 0.471. The highest BCUT2D eigenvalue weighted by molar-refractivity contribution is 5.80. The summed E-state index contributed by atoms with van der Waals surface area (Å²) in [5, 5.41) is 5.81. The van der Waals surface area contributed by atoms with Crippen LogP contribution in [-0.2, 0) is 11.0 Å². The molecule has 1 heterocycles. The molecule has 0 saturated carbocycles. The molecule has 5 nitrogen and oxygen atoms in total. The number of guanidine groups is 1. The molecule has 1 aliphatic rings. The monoisotopic (exact) mass is 394 g/mol. The number of carbonyl (C=O) groups is 1. The first-order valence-electron chi connectivity index (χ1n) is 9.15. The number of nitrogens with zero attached hydrogens (tertiary/aromatic N) is 2. The molecule has 2 rings (SSSR count). The highest BCUT2D eigenvalue weighted by atomic mass is 19.4. The number of amides is 1. The van der Waals surface area contributed by atoms with Crippen molar-refractivity contribution < 1.29 is 18.0 Å². The van der Waals surface area contributed by atoms with Crippen LogP contribution in [-0.4, -0.2) is 50.5 Å². The molecule has 0 spiro atoms. The Bertz CT molecular complexity index is 739. The zero-order chi connectivity index (χ0) is 20.6. The number of aliphatic imine (C=N–C) groups is 1.